The molecule has 32 heavy (non-hydrogen) atoms. The molecule has 0 unspecified atom stereocenters. The Hall–Kier alpha value is -3.22. The zero-order valence-corrected chi connectivity index (χ0v) is 19.6. The number of anilines is 2. The number of carbonyl (C=O) groups excluding carboxylic acids is 1. The molecule has 1 amide bonds. The lowest BCUT2D eigenvalue weighted by Gasteiger charge is -2.38. The molecule has 0 N–H and O–H groups in total. The number of aryl methyl sites for hydroxylation is 3. The number of amides is 1. The third-order valence-corrected chi connectivity index (χ3v) is 6.43. The van der Waals surface area contributed by atoms with Gasteiger partial charge in [0.05, 0.1) is 12.2 Å². The molecule has 2 aliphatic heterocycles. The van der Waals surface area contributed by atoms with Gasteiger partial charge in [-0.25, -0.2) is 9.97 Å². The maximum absolute atomic E-state index is 11.9. The average Bonchev–Trinajstić information content (AvgIpc) is 2.80. The Balaban J connectivity index is 1.63. The molecule has 2 aromatic rings. The maximum Gasteiger partial charge on any atom is 0.246 e. The molecule has 1 saturated heterocycles. The van der Waals surface area contributed by atoms with E-state index in [0.29, 0.717) is 13.1 Å². The number of hydrogen-bond donors (Lipinski definition) is 0. The molecular formula is C25H32N6O. The van der Waals surface area contributed by atoms with E-state index >= 15 is 0 Å². The van der Waals surface area contributed by atoms with Crippen LogP contribution in [0.4, 0.5) is 11.5 Å². The van der Waals surface area contributed by atoms with Crippen LogP contribution in [0.3, 0.4) is 0 Å². The molecule has 0 aliphatic carbocycles. The fourth-order valence-corrected chi connectivity index (χ4v) is 4.78. The highest BCUT2D eigenvalue weighted by atomic mass is 16.2. The summed E-state index contributed by atoms with van der Waals surface area (Å²) in [6, 6.07) is 4.35. The number of aliphatic imine (C=N–C) groups is 1. The fraction of sp³-hybridized carbons (Fsp3) is 0.440. The molecule has 0 atom stereocenters. The van der Waals surface area contributed by atoms with Crippen LogP contribution in [-0.2, 0) is 17.8 Å². The first-order valence-corrected chi connectivity index (χ1v) is 11.2. The van der Waals surface area contributed by atoms with Crippen LogP contribution in [0.25, 0.3) is 0 Å². The first kappa shape index (κ1) is 22.0. The maximum atomic E-state index is 11.9. The summed E-state index contributed by atoms with van der Waals surface area (Å²) in [6.07, 6.45) is 4.26. The van der Waals surface area contributed by atoms with E-state index in [1.807, 2.05) is 25.1 Å². The lowest BCUT2D eigenvalue weighted by Crippen LogP contribution is -2.49. The van der Waals surface area contributed by atoms with Crippen LogP contribution in [0.1, 0.15) is 33.8 Å². The van der Waals surface area contributed by atoms with Gasteiger partial charge in [-0.3, -0.25) is 9.79 Å². The van der Waals surface area contributed by atoms with E-state index in [0.717, 1.165) is 49.9 Å². The molecule has 168 valence electrons. The fourth-order valence-electron chi connectivity index (χ4n) is 4.78. The van der Waals surface area contributed by atoms with Gasteiger partial charge in [0, 0.05) is 62.8 Å². The number of fused-ring (bicyclic) bond motifs is 1. The first-order chi connectivity index (χ1) is 15.4. The zero-order valence-electron chi connectivity index (χ0n) is 19.6. The molecule has 0 saturated carbocycles. The van der Waals surface area contributed by atoms with E-state index in [-0.39, 0.29) is 5.91 Å². The Morgan fingerprint density at radius 3 is 2.44 bits per heavy atom. The van der Waals surface area contributed by atoms with Crippen LogP contribution < -0.4 is 9.80 Å². The minimum Gasteiger partial charge on any atom is -0.365 e. The van der Waals surface area contributed by atoms with Gasteiger partial charge in [-0.2, -0.15) is 0 Å². The summed E-state index contributed by atoms with van der Waals surface area (Å²) in [4.78, 5) is 32.5. The van der Waals surface area contributed by atoms with E-state index in [4.69, 9.17) is 9.97 Å². The molecular weight excluding hydrogens is 400 g/mol. The molecule has 1 aromatic heterocycles. The monoisotopic (exact) mass is 432 g/mol. The van der Waals surface area contributed by atoms with Gasteiger partial charge in [-0.1, -0.05) is 18.7 Å². The van der Waals surface area contributed by atoms with E-state index in [9.17, 15) is 4.79 Å². The number of nitrogens with zero attached hydrogens (tertiary/aromatic N) is 6. The largest absolute Gasteiger partial charge is 0.365 e. The molecule has 0 radical (unpaired) electrons. The first-order valence-electron chi connectivity index (χ1n) is 11.2. The van der Waals surface area contributed by atoms with E-state index in [1.54, 1.807) is 0 Å². The molecule has 7 nitrogen and oxygen atoms in total. The Kier molecular flexibility index (Phi) is 6.26. The van der Waals surface area contributed by atoms with Crippen molar-refractivity contribution in [2.45, 2.75) is 33.7 Å². The van der Waals surface area contributed by atoms with Crippen LogP contribution in [0.2, 0.25) is 0 Å². The van der Waals surface area contributed by atoms with Gasteiger partial charge in [0.25, 0.3) is 0 Å². The molecule has 3 heterocycles. The normalized spacial score (nSPS) is 16.4. The topological polar surface area (TPSA) is 64.9 Å². The minimum absolute atomic E-state index is 0.00105. The molecule has 1 fully saturated rings. The molecule has 4 rings (SSSR count). The van der Waals surface area contributed by atoms with Gasteiger partial charge >= 0.3 is 0 Å². The summed E-state index contributed by atoms with van der Waals surface area (Å²) in [5, 5.41) is 0. The van der Waals surface area contributed by atoms with Crippen molar-refractivity contribution >= 4 is 23.6 Å². The van der Waals surface area contributed by atoms with Gasteiger partial charge in [0.15, 0.2) is 0 Å². The molecule has 0 spiro atoms. The highest BCUT2D eigenvalue weighted by molar-refractivity contribution is 5.91. The second-order valence-electron chi connectivity index (χ2n) is 8.56. The summed E-state index contributed by atoms with van der Waals surface area (Å²) >= 11 is 0. The van der Waals surface area contributed by atoms with Crippen LogP contribution in [0, 0.1) is 20.8 Å². The molecule has 2 aliphatic rings. The Labute approximate surface area is 190 Å². The number of piperazine rings is 1. The van der Waals surface area contributed by atoms with Gasteiger partial charge in [0.1, 0.15) is 11.6 Å². The Morgan fingerprint density at radius 1 is 1.03 bits per heavy atom. The summed E-state index contributed by atoms with van der Waals surface area (Å²) in [6.45, 7) is 14.5. The van der Waals surface area contributed by atoms with E-state index in [2.05, 4.69) is 47.4 Å². The number of benzene rings is 1. The van der Waals surface area contributed by atoms with Crippen molar-refractivity contribution in [2.75, 3.05) is 49.6 Å². The summed E-state index contributed by atoms with van der Waals surface area (Å²) in [7, 11) is 1.82. The van der Waals surface area contributed by atoms with Gasteiger partial charge in [-0.05, 0) is 44.4 Å². The van der Waals surface area contributed by atoms with E-state index < -0.39 is 0 Å². The lowest BCUT2D eigenvalue weighted by atomic mass is 9.98. The highest BCUT2D eigenvalue weighted by Gasteiger charge is 2.28. The van der Waals surface area contributed by atoms with Crippen molar-refractivity contribution in [3.8, 4) is 0 Å². The minimum atomic E-state index is 0.00105. The van der Waals surface area contributed by atoms with Crippen molar-refractivity contribution in [2.24, 2.45) is 4.99 Å². The van der Waals surface area contributed by atoms with Crippen LogP contribution in [0.5, 0.6) is 0 Å². The second-order valence-corrected chi connectivity index (χ2v) is 8.56. The summed E-state index contributed by atoms with van der Waals surface area (Å²) in [5.74, 6) is 1.83. The standard InChI is InChI=1S/C25H32N6O/c1-6-23(32)29-11-13-30(14-12-29)25-20-9-10-31(16-22(20)27-19(4)28-25)24-18(3)8-7-17(2)21(24)15-26-5/h6-8,15H,1,9-14,16H2,2-5H3. The smallest absolute Gasteiger partial charge is 0.246 e. The Morgan fingerprint density at radius 2 is 1.75 bits per heavy atom. The van der Waals surface area contributed by atoms with E-state index in [1.165, 1.54) is 34.0 Å². The number of aromatic nitrogens is 2. The van der Waals surface area contributed by atoms with Crippen molar-refractivity contribution in [1.82, 2.24) is 14.9 Å². The molecule has 7 heteroatoms. The van der Waals surface area contributed by atoms with Gasteiger partial charge in [-0.15, -0.1) is 0 Å². The highest BCUT2D eigenvalue weighted by Crippen LogP contribution is 2.33. The third-order valence-electron chi connectivity index (χ3n) is 6.43. The zero-order chi connectivity index (χ0) is 22.8. The van der Waals surface area contributed by atoms with Crippen LogP contribution >= 0.6 is 0 Å². The molecule has 1 aromatic carbocycles. The molecule has 0 bridgehead atoms. The predicted octanol–water partition coefficient (Wildman–Crippen LogP) is 2.85. The number of hydrogen-bond acceptors (Lipinski definition) is 6. The summed E-state index contributed by atoms with van der Waals surface area (Å²) in [5.41, 5.74) is 7.26. The van der Waals surface area contributed by atoms with Crippen molar-refractivity contribution in [3.05, 3.63) is 58.6 Å². The average molecular weight is 433 g/mol. The summed E-state index contributed by atoms with van der Waals surface area (Å²) < 4.78 is 0. The number of carbonyl (C=O) groups is 1. The Bertz CT molecular complexity index is 1070. The predicted molar refractivity (Wildman–Crippen MR) is 130 cm³/mol. The van der Waals surface area contributed by atoms with Crippen molar-refractivity contribution in [1.29, 1.82) is 0 Å². The van der Waals surface area contributed by atoms with Gasteiger partial charge in [0.2, 0.25) is 5.91 Å². The van der Waals surface area contributed by atoms with Crippen molar-refractivity contribution in [3.63, 3.8) is 0 Å². The third kappa shape index (κ3) is 4.11. The lowest BCUT2D eigenvalue weighted by molar-refractivity contribution is -0.126. The van der Waals surface area contributed by atoms with Crippen molar-refractivity contribution < 1.29 is 4.79 Å². The quantitative estimate of drug-likeness (QED) is 0.549. The SMILES string of the molecule is C=CC(=O)N1CCN(c2nc(C)nc3c2CCN(c2c(C)ccc(C)c2C=NC)C3)CC1. The second kappa shape index (κ2) is 9.10. The van der Waals surface area contributed by atoms with Crippen LogP contribution in [-0.4, -0.2) is 66.8 Å². The number of rotatable bonds is 4. The van der Waals surface area contributed by atoms with Gasteiger partial charge < -0.3 is 14.7 Å². The van der Waals surface area contributed by atoms with Crippen LogP contribution in [0.15, 0.2) is 29.8 Å².